The summed E-state index contributed by atoms with van der Waals surface area (Å²) in [5.41, 5.74) is 1.32. The molecule has 1 heterocycles. The van der Waals surface area contributed by atoms with Crippen molar-refractivity contribution in [1.82, 2.24) is 5.32 Å². The van der Waals surface area contributed by atoms with E-state index in [0.717, 1.165) is 30.4 Å². The number of benzene rings is 1. The van der Waals surface area contributed by atoms with Crippen molar-refractivity contribution in [3.63, 3.8) is 0 Å². The largest absolute Gasteiger partial charge is 0.486 e. The Balaban J connectivity index is 1.43. The lowest BCUT2D eigenvalue weighted by molar-refractivity contribution is 0.171. The van der Waals surface area contributed by atoms with Crippen LogP contribution in [0.5, 0.6) is 11.5 Å². The fourth-order valence-electron chi connectivity index (χ4n) is 3.02. The lowest BCUT2D eigenvalue weighted by Gasteiger charge is -2.28. The first-order chi connectivity index (χ1) is 9.81. The van der Waals surface area contributed by atoms with E-state index in [1.165, 1.54) is 31.2 Å². The van der Waals surface area contributed by atoms with Crippen LogP contribution in [-0.2, 0) is 6.42 Å². The summed E-state index contributed by atoms with van der Waals surface area (Å²) >= 11 is 0. The molecule has 1 aliphatic carbocycles. The van der Waals surface area contributed by atoms with Gasteiger partial charge in [-0.1, -0.05) is 25.3 Å². The average molecular weight is 275 g/mol. The Morgan fingerprint density at radius 3 is 2.75 bits per heavy atom. The number of hydrogen-bond donors (Lipinski definition) is 1. The van der Waals surface area contributed by atoms with Crippen molar-refractivity contribution >= 4 is 0 Å². The van der Waals surface area contributed by atoms with Crippen LogP contribution in [0, 0.1) is 5.92 Å². The summed E-state index contributed by atoms with van der Waals surface area (Å²) < 4.78 is 11.2. The van der Waals surface area contributed by atoms with Crippen molar-refractivity contribution in [2.24, 2.45) is 5.92 Å². The molecule has 110 valence electrons. The van der Waals surface area contributed by atoms with Gasteiger partial charge in [-0.05, 0) is 49.9 Å². The third kappa shape index (κ3) is 3.45. The Hall–Kier alpha value is -1.22. The molecule has 0 saturated heterocycles. The number of rotatable bonds is 6. The van der Waals surface area contributed by atoms with Gasteiger partial charge in [-0.25, -0.2) is 0 Å². The maximum atomic E-state index is 5.62. The van der Waals surface area contributed by atoms with Gasteiger partial charge in [0.2, 0.25) is 0 Å². The summed E-state index contributed by atoms with van der Waals surface area (Å²) in [4.78, 5) is 0. The van der Waals surface area contributed by atoms with Gasteiger partial charge in [-0.15, -0.1) is 0 Å². The van der Waals surface area contributed by atoms with Gasteiger partial charge in [0.05, 0.1) is 0 Å². The molecule has 2 aliphatic rings. The first-order valence-corrected chi connectivity index (χ1v) is 7.93. The maximum absolute atomic E-state index is 5.62. The van der Waals surface area contributed by atoms with Crippen LogP contribution in [-0.4, -0.2) is 25.8 Å². The summed E-state index contributed by atoms with van der Waals surface area (Å²) in [5.74, 6) is 2.76. The second kappa shape index (κ2) is 6.49. The lowest BCUT2D eigenvalue weighted by atomic mass is 9.81. The van der Waals surface area contributed by atoms with Gasteiger partial charge in [0.1, 0.15) is 13.2 Å². The van der Waals surface area contributed by atoms with Crippen LogP contribution in [0.4, 0.5) is 0 Å². The van der Waals surface area contributed by atoms with E-state index in [1.807, 2.05) is 6.07 Å². The molecule has 3 heteroatoms. The molecule has 3 nitrogen and oxygen atoms in total. The zero-order valence-corrected chi connectivity index (χ0v) is 12.4. The SMILES string of the molecule is CC(CC1CCC1)NCCc1ccc2c(c1)OCCO2. The zero-order chi connectivity index (χ0) is 13.8. The smallest absolute Gasteiger partial charge is 0.161 e. The van der Waals surface area contributed by atoms with Gasteiger partial charge in [0.25, 0.3) is 0 Å². The van der Waals surface area contributed by atoms with Crippen molar-refractivity contribution in [3.05, 3.63) is 23.8 Å². The second-order valence-corrected chi connectivity index (χ2v) is 6.12. The molecular formula is C17H25NO2. The molecule has 1 aliphatic heterocycles. The summed E-state index contributed by atoms with van der Waals surface area (Å²) in [7, 11) is 0. The average Bonchev–Trinajstić information content (AvgIpc) is 2.43. The van der Waals surface area contributed by atoms with Gasteiger partial charge in [-0.2, -0.15) is 0 Å². The lowest BCUT2D eigenvalue weighted by Crippen LogP contribution is -2.31. The Morgan fingerprint density at radius 1 is 1.20 bits per heavy atom. The van der Waals surface area contributed by atoms with Crippen LogP contribution in [0.3, 0.4) is 0 Å². The fourth-order valence-corrected chi connectivity index (χ4v) is 3.02. The predicted molar refractivity (Wildman–Crippen MR) is 80.6 cm³/mol. The topological polar surface area (TPSA) is 30.5 Å². The molecule has 1 unspecified atom stereocenters. The molecule has 0 aromatic heterocycles. The number of nitrogens with one attached hydrogen (secondary N) is 1. The summed E-state index contributed by atoms with van der Waals surface area (Å²) in [6, 6.07) is 6.93. The van der Waals surface area contributed by atoms with Crippen molar-refractivity contribution in [2.45, 2.75) is 45.1 Å². The zero-order valence-electron chi connectivity index (χ0n) is 12.4. The standard InChI is InChI=1S/C17H25NO2/c1-13(11-14-3-2-4-14)18-8-7-15-5-6-16-17(12-15)20-10-9-19-16/h5-6,12-14,18H,2-4,7-11H2,1H3. The van der Waals surface area contributed by atoms with Crippen molar-refractivity contribution in [3.8, 4) is 11.5 Å². The van der Waals surface area contributed by atoms with E-state index in [1.54, 1.807) is 0 Å². The van der Waals surface area contributed by atoms with Crippen LogP contribution in [0.2, 0.25) is 0 Å². The van der Waals surface area contributed by atoms with Crippen LogP contribution in [0.15, 0.2) is 18.2 Å². The van der Waals surface area contributed by atoms with Crippen LogP contribution in [0.25, 0.3) is 0 Å². The Bertz CT molecular complexity index is 443. The molecule has 0 bridgehead atoms. The van der Waals surface area contributed by atoms with Crippen molar-refractivity contribution < 1.29 is 9.47 Å². The molecule has 0 spiro atoms. The minimum atomic E-state index is 0.637. The van der Waals surface area contributed by atoms with Gasteiger partial charge < -0.3 is 14.8 Å². The molecule has 0 amide bonds. The van der Waals surface area contributed by atoms with Gasteiger partial charge >= 0.3 is 0 Å². The highest BCUT2D eigenvalue weighted by atomic mass is 16.6. The Labute approximate surface area is 121 Å². The van der Waals surface area contributed by atoms with E-state index in [4.69, 9.17) is 9.47 Å². The predicted octanol–water partition coefficient (Wildman–Crippen LogP) is 3.17. The number of hydrogen-bond acceptors (Lipinski definition) is 3. The first kappa shape index (κ1) is 13.7. The minimum Gasteiger partial charge on any atom is -0.486 e. The Kier molecular flexibility index (Phi) is 4.46. The summed E-state index contributed by atoms with van der Waals surface area (Å²) in [5, 5.41) is 3.64. The fraction of sp³-hybridized carbons (Fsp3) is 0.647. The van der Waals surface area contributed by atoms with E-state index < -0.39 is 0 Å². The van der Waals surface area contributed by atoms with Crippen LogP contribution < -0.4 is 14.8 Å². The van der Waals surface area contributed by atoms with Gasteiger partial charge in [0, 0.05) is 6.04 Å². The molecule has 1 N–H and O–H groups in total. The van der Waals surface area contributed by atoms with E-state index in [-0.39, 0.29) is 0 Å². The van der Waals surface area contributed by atoms with E-state index in [0.29, 0.717) is 19.3 Å². The second-order valence-electron chi connectivity index (χ2n) is 6.12. The number of fused-ring (bicyclic) bond motifs is 1. The quantitative estimate of drug-likeness (QED) is 0.865. The van der Waals surface area contributed by atoms with E-state index in [2.05, 4.69) is 24.4 Å². The molecule has 1 saturated carbocycles. The highest BCUT2D eigenvalue weighted by molar-refractivity contribution is 5.43. The summed E-state index contributed by atoms with van der Waals surface area (Å²) in [6.45, 7) is 4.66. The van der Waals surface area contributed by atoms with E-state index >= 15 is 0 Å². The molecular weight excluding hydrogens is 250 g/mol. The molecule has 1 atom stereocenters. The van der Waals surface area contributed by atoms with Gasteiger partial charge in [0.15, 0.2) is 11.5 Å². The maximum Gasteiger partial charge on any atom is 0.161 e. The normalized spacial score (nSPS) is 19.4. The van der Waals surface area contributed by atoms with Crippen molar-refractivity contribution in [2.75, 3.05) is 19.8 Å². The molecule has 3 rings (SSSR count). The van der Waals surface area contributed by atoms with Gasteiger partial charge in [-0.3, -0.25) is 0 Å². The van der Waals surface area contributed by atoms with E-state index in [9.17, 15) is 0 Å². The van der Waals surface area contributed by atoms with Crippen molar-refractivity contribution in [1.29, 1.82) is 0 Å². The summed E-state index contributed by atoms with van der Waals surface area (Å²) in [6.07, 6.45) is 6.70. The Morgan fingerprint density at radius 2 is 2.00 bits per heavy atom. The molecule has 1 aromatic carbocycles. The van der Waals surface area contributed by atoms with Crippen LogP contribution in [0.1, 0.15) is 38.2 Å². The molecule has 0 radical (unpaired) electrons. The third-order valence-electron chi connectivity index (χ3n) is 4.42. The highest BCUT2D eigenvalue weighted by Crippen LogP contribution is 2.31. The first-order valence-electron chi connectivity index (χ1n) is 7.93. The minimum absolute atomic E-state index is 0.637. The molecule has 20 heavy (non-hydrogen) atoms. The molecule has 1 aromatic rings. The number of ether oxygens (including phenoxy) is 2. The molecule has 1 fully saturated rings. The monoisotopic (exact) mass is 275 g/mol. The van der Waals surface area contributed by atoms with Crippen LogP contribution >= 0.6 is 0 Å². The third-order valence-corrected chi connectivity index (χ3v) is 4.42. The highest BCUT2D eigenvalue weighted by Gasteiger charge is 2.19.